The molecule has 1 N–H and O–H groups in total. The molecule has 0 saturated carbocycles. The van der Waals surface area contributed by atoms with Crippen LogP contribution in [0.15, 0.2) is 18.2 Å². The number of likely N-dealkylation sites (tertiary alicyclic amines) is 1. The number of carboxylic acids is 1. The number of carbonyl (C=O) groups excluding carboxylic acids is 1. The number of hydrogen-bond donors (Lipinski definition) is 1. The van der Waals surface area contributed by atoms with Gasteiger partial charge in [-0.2, -0.15) is 5.10 Å². The summed E-state index contributed by atoms with van der Waals surface area (Å²) >= 11 is 0. The number of carbonyl (C=O) groups is 2. The fraction of sp³-hybridized carbons (Fsp3) is 0.450. The first-order valence-corrected chi connectivity index (χ1v) is 9.48. The smallest absolute Gasteiger partial charge is 0.308 e. The number of aromatic nitrogens is 2. The summed E-state index contributed by atoms with van der Waals surface area (Å²) in [4.78, 5) is 26.3. The fourth-order valence-electron chi connectivity index (χ4n) is 4.34. The van der Waals surface area contributed by atoms with Crippen molar-refractivity contribution in [1.29, 1.82) is 0 Å². The van der Waals surface area contributed by atoms with Crippen molar-refractivity contribution in [3.63, 3.8) is 0 Å². The van der Waals surface area contributed by atoms with Crippen LogP contribution in [-0.4, -0.2) is 44.3 Å². The second kappa shape index (κ2) is 7.00. The Kier molecular flexibility index (Phi) is 4.64. The molecule has 2 aromatic rings. The van der Waals surface area contributed by atoms with Gasteiger partial charge in [0.05, 0.1) is 11.6 Å². The van der Waals surface area contributed by atoms with Crippen LogP contribution >= 0.6 is 0 Å². The first-order valence-electron chi connectivity index (χ1n) is 9.48. The maximum atomic E-state index is 13.7. The van der Waals surface area contributed by atoms with Gasteiger partial charge in [-0.3, -0.25) is 9.59 Å². The largest absolute Gasteiger partial charge is 0.481 e. The number of fused-ring (bicyclic) bond motifs is 1. The SMILES string of the molecule is C[C@@H]1[C@H](C(=O)O)CCCN1C(=O)c1nn(-c2ccc(F)c(F)c2)c2c1CCC2. The lowest BCUT2D eigenvalue weighted by Crippen LogP contribution is -2.49. The highest BCUT2D eigenvalue weighted by atomic mass is 19.2. The zero-order chi connectivity index (χ0) is 20.0. The minimum absolute atomic E-state index is 0.287. The Labute approximate surface area is 160 Å². The van der Waals surface area contributed by atoms with Crippen molar-refractivity contribution in [2.75, 3.05) is 6.54 Å². The highest BCUT2D eigenvalue weighted by Gasteiger charge is 2.38. The van der Waals surface area contributed by atoms with Gasteiger partial charge in [-0.05, 0) is 51.2 Å². The van der Waals surface area contributed by atoms with Crippen LogP contribution < -0.4 is 0 Å². The molecule has 1 aromatic heterocycles. The molecule has 2 heterocycles. The number of amides is 1. The van der Waals surface area contributed by atoms with Gasteiger partial charge in [0.2, 0.25) is 0 Å². The average Bonchev–Trinajstić information content (AvgIpc) is 3.26. The molecule has 28 heavy (non-hydrogen) atoms. The van der Waals surface area contributed by atoms with Gasteiger partial charge >= 0.3 is 5.97 Å². The number of piperidine rings is 1. The van der Waals surface area contributed by atoms with Crippen molar-refractivity contribution in [3.8, 4) is 5.69 Å². The van der Waals surface area contributed by atoms with E-state index in [-0.39, 0.29) is 11.6 Å². The van der Waals surface area contributed by atoms with Crippen LogP contribution in [0.2, 0.25) is 0 Å². The molecule has 1 aliphatic carbocycles. The van der Waals surface area contributed by atoms with Gasteiger partial charge < -0.3 is 10.0 Å². The van der Waals surface area contributed by atoms with Crippen LogP contribution in [0.4, 0.5) is 8.78 Å². The summed E-state index contributed by atoms with van der Waals surface area (Å²) in [5.41, 5.74) is 2.30. The van der Waals surface area contributed by atoms with E-state index in [1.165, 1.54) is 10.7 Å². The molecule has 2 aliphatic rings. The molecule has 1 saturated heterocycles. The van der Waals surface area contributed by atoms with Crippen molar-refractivity contribution in [2.45, 2.75) is 45.1 Å². The number of aliphatic carboxylic acids is 1. The topological polar surface area (TPSA) is 75.4 Å². The predicted octanol–water partition coefficient (Wildman–Crippen LogP) is 2.96. The summed E-state index contributed by atoms with van der Waals surface area (Å²) < 4.78 is 28.5. The molecule has 148 valence electrons. The molecule has 1 amide bonds. The molecule has 1 aliphatic heterocycles. The van der Waals surface area contributed by atoms with E-state index >= 15 is 0 Å². The second-order valence-electron chi connectivity index (χ2n) is 7.46. The fourth-order valence-corrected chi connectivity index (χ4v) is 4.34. The van der Waals surface area contributed by atoms with Crippen LogP contribution in [0, 0.1) is 17.6 Å². The minimum atomic E-state index is -0.971. The van der Waals surface area contributed by atoms with Gasteiger partial charge in [0.25, 0.3) is 5.91 Å². The number of rotatable bonds is 3. The number of nitrogens with zero attached hydrogens (tertiary/aromatic N) is 3. The first kappa shape index (κ1) is 18.6. The predicted molar refractivity (Wildman–Crippen MR) is 96.4 cm³/mol. The Morgan fingerprint density at radius 2 is 1.96 bits per heavy atom. The molecule has 8 heteroatoms. The van der Waals surface area contributed by atoms with Crippen LogP contribution in [0.5, 0.6) is 0 Å². The summed E-state index contributed by atoms with van der Waals surface area (Å²) in [5, 5.41) is 13.9. The lowest BCUT2D eigenvalue weighted by Gasteiger charge is -2.37. The van der Waals surface area contributed by atoms with Crippen LogP contribution in [-0.2, 0) is 17.6 Å². The molecule has 6 nitrogen and oxygen atoms in total. The molecular weight excluding hydrogens is 368 g/mol. The maximum Gasteiger partial charge on any atom is 0.308 e. The molecule has 0 bridgehead atoms. The molecule has 0 unspecified atom stereocenters. The molecule has 0 spiro atoms. The summed E-state index contributed by atoms with van der Waals surface area (Å²) in [5.74, 6) is -3.70. The third-order valence-electron chi connectivity index (χ3n) is 5.85. The van der Waals surface area contributed by atoms with Crippen molar-refractivity contribution >= 4 is 11.9 Å². The standard InChI is InChI=1S/C20H21F2N3O3/c1-11-13(20(27)28)5-3-9-24(11)19(26)18-14-4-2-6-17(14)25(23-18)12-7-8-15(21)16(22)10-12/h7-8,10-11,13H,2-6,9H2,1H3,(H,27,28)/t11-,13-/m1/s1. The van der Waals surface area contributed by atoms with Gasteiger partial charge in [-0.15, -0.1) is 0 Å². The van der Waals surface area contributed by atoms with E-state index in [0.29, 0.717) is 37.9 Å². The van der Waals surface area contributed by atoms with Gasteiger partial charge in [-0.25, -0.2) is 13.5 Å². The van der Waals surface area contributed by atoms with Crippen molar-refractivity contribution in [3.05, 3.63) is 46.8 Å². The lowest BCUT2D eigenvalue weighted by molar-refractivity contribution is -0.144. The Hall–Kier alpha value is -2.77. The number of hydrogen-bond acceptors (Lipinski definition) is 3. The second-order valence-corrected chi connectivity index (χ2v) is 7.46. The number of carboxylic acid groups (broad SMARTS) is 1. The quantitative estimate of drug-likeness (QED) is 0.876. The number of benzene rings is 1. The van der Waals surface area contributed by atoms with E-state index in [0.717, 1.165) is 29.8 Å². The first-order chi connectivity index (χ1) is 13.4. The highest BCUT2D eigenvalue weighted by Crippen LogP contribution is 2.31. The van der Waals surface area contributed by atoms with E-state index in [1.807, 2.05) is 0 Å². The van der Waals surface area contributed by atoms with Crippen LogP contribution in [0.3, 0.4) is 0 Å². The van der Waals surface area contributed by atoms with Crippen molar-refractivity contribution < 1.29 is 23.5 Å². The van der Waals surface area contributed by atoms with E-state index in [9.17, 15) is 23.5 Å². The normalized spacial score (nSPS) is 21.6. The Bertz CT molecular complexity index is 956. The summed E-state index contributed by atoms with van der Waals surface area (Å²) in [6.45, 7) is 2.24. The zero-order valence-corrected chi connectivity index (χ0v) is 15.5. The summed E-state index contributed by atoms with van der Waals surface area (Å²) in [6.07, 6.45) is 3.40. The summed E-state index contributed by atoms with van der Waals surface area (Å²) in [7, 11) is 0. The van der Waals surface area contributed by atoms with Gasteiger partial charge in [-0.1, -0.05) is 0 Å². The van der Waals surface area contributed by atoms with Gasteiger partial charge in [0.1, 0.15) is 0 Å². The molecule has 0 radical (unpaired) electrons. The van der Waals surface area contributed by atoms with E-state index in [4.69, 9.17) is 0 Å². The Balaban J connectivity index is 1.72. The van der Waals surface area contributed by atoms with E-state index in [2.05, 4.69) is 5.10 Å². The maximum absolute atomic E-state index is 13.7. The lowest BCUT2D eigenvalue weighted by atomic mass is 9.90. The highest BCUT2D eigenvalue weighted by molar-refractivity contribution is 5.95. The Morgan fingerprint density at radius 3 is 2.68 bits per heavy atom. The van der Waals surface area contributed by atoms with Gasteiger partial charge in [0.15, 0.2) is 17.3 Å². The zero-order valence-electron chi connectivity index (χ0n) is 15.5. The van der Waals surface area contributed by atoms with Crippen LogP contribution in [0.1, 0.15) is 47.9 Å². The molecule has 1 aromatic carbocycles. The third-order valence-corrected chi connectivity index (χ3v) is 5.85. The van der Waals surface area contributed by atoms with E-state index in [1.54, 1.807) is 11.8 Å². The molecule has 4 rings (SSSR count). The van der Waals surface area contributed by atoms with Crippen LogP contribution in [0.25, 0.3) is 5.69 Å². The van der Waals surface area contributed by atoms with Crippen molar-refractivity contribution in [1.82, 2.24) is 14.7 Å². The molecular formula is C20H21F2N3O3. The summed E-state index contributed by atoms with van der Waals surface area (Å²) in [6, 6.07) is 3.12. The monoisotopic (exact) mass is 389 g/mol. The third kappa shape index (κ3) is 2.96. The minimum Gasteiger partial charge on any atom is -0.481 e. The Morgan fingerprint density at radius 1 is 1.18 bits per heavy atom. The van der Waals surface area contributed by atoms with Gasteiger partial charge in [0, 0.05) is 29.9 Å². The van der Waals surface area contributed by atoms with Crippen molar-refractivity contribution in [2.24, 2.45) is 5.92 Å². The molecule has 1 fully saturated rings. The average molecular weight is 389 g/mol. The van der Waals surface area contributed by atoms with E-state index < -0.39 is 29.6 Å². The molecule has 2 atom stereocenters. The number of halogens is 2.